The number of rotatable bonds is 4. The maximum absolute atomic E-state index is 12.3. The van der Waals surface area contributed by atoms with Gasteiger partial charge in [-0.1, -0.05) is 12.1 Å². The zero-order chi connectivity index (χ0) is 13.8. The Labute approximate surface area is 115 Å². The molecule has 1 unspecified atom stereocenters. The summed E-state index contributed by atoms with van der Waals surface area (Å²) in [4.78, 5) is 16.6. The van der Waals surface area contributed by atoms with E-state index in [0.717, 1.165) is 24.3 Å². The van der Waals surface area contributed by atoms with Gasteiger partial charge in [-0.2, -0.15) is 0 Å². The summed E-state index contributed by atoms with van der Waals surface area (Å²) in [5.74, 6) is 0.0181. The largest absolute Gasteiger partial charge is 0.377 e. The third-order valence-electron chi connectivity index (χ3n) is 3.80. The third-order valence-corrected chi connectivity index (χ3v) is 3.80. The predicted molar refractivity (Wildman–Crippen MR) is 78.8 cm³/mol. The van der Waals surface area contributed by atoms with Crippen molar-refractivity contribution in [3.05, 3.63) is 29.8 Å². The molecule has 0 aliphatic carbocycles. The first kappa shape index (κ1) is 13.9. The smallest absolute Gasteiger partial charge is 0.253 e. The molecule has 0 saturated carbocycles. The standard InChI is InChI=1S/C15H23N3O/c1-17(2)14-9-5-4-8-13(14)15(19)16-11-12-7-6-10-18(12)3/h4-5,8-9,12H,6-7,10-11H2,1-3H3,(H,16,19). The van der Waals surface area contributed by atoms with Gasteiger partial charge in [0.2, 0.25) is 0 Å². The van der Waals surface area contributed by atoms with Crippen LogP contribution in [0.1, 0.15) is 23.2 Å². The van der Waals surface area contributed by atoms with E-state index in [0.29, 0.717) is 6.04 Å². The van der Waals surface area contributed by atoms with Gasteiger partial charge in [-0.05, 0) is 38.6 Å². The van der Waals surface area contributed by atoms with Gasteiger partial charge in [0, 0.05) is 32.4 Å². The average molecular weight is 261 g/mol. The number of para-hydroxylation sites is 1. The quantitative estimate of drug-likeness (QED) is 0.894. The molecule has 4 heteroatoms. The number of amides is 1. The summed E-state index contributed by atoms with van der Waals surface area (Å²) in [6, 6.07) is 8.19. The molecule has 2 rings (SSSR count). The Balaban J connectivity index is 2.00. The van der Waals surface area contributed by atoms with Crippen LogP contribution in [0.15, 0.2) is 24.3 Å². The molecule has 4 nitrogen and oxygen atoms in total. The molecule has 1 atom stereocenters. The zero-order valence-corrected chi connectivity index (χ0v) is 12.0. The summed E-state index contributed by atoms with van der Waals surface area (Å²) in [6.45, 7) is 1.87. The van der Waals surface area contributed by atoms with Crippen molar-refractivity contribution >= 4 is 11.6 Å². The molecule has 1 saturated heterocycles. The van der Waals surface area contributed by atoms with Crippen LogP contribution in [0, 0.1) is 0 Å². The maximum Gasteiger partial charge on any atom is 0.253 e. The first-order valence-corrected chi connectivity index (χ1v) is 6.84. The van der Waals surface area contributed by atoms with Crippen molar-refractivity contribution in [1.82, 2.24) is 10.2 Å². The SMILES string of the molecule is CN(C)c1ccccc1C(=O)NCC1CCCN1C. The molecule has 1 fully saturated rings. The summed E-state index contributed by atoms with van der Waals surface area (Å²) in [7, 11) is 6.03. The predicted octanol–water partition coefficient (Wildman–Crippen LogP) is 1.58. The van der Waals surface area contributed by atoms with Gasteiger partial charge in [-0.25, -0.2) is 0 Å². The van der Waals surface area contributed by atoms with Gasteiger partial charge in [0.25, 0.3) is 5.91 Å². The summed E-state index contributed by atoms with van der Waals surface area (Å²) < 4.78 is 0. The molecule has 1 aliphatic heterocycles. The number of carbonyl (C=O) groups excluding carboxylic acids is 1. The van der Waals surface area contributed by atoms with Gasteiger partial charge < -0.3 is 15.1 Å². The topological polar surface area (TPSA) is 35.6 Å². The van der Waals surface area contributed by atoms with Crippen LogP contribution in [-0.4, -0.2) is 51.1 Å². The highest BCUT2D eigenvalue weighted by atomic mass is 16.1. The number of benzene rings is 1. The molecule has 1 aromatic carbocycles. The van der Waals surface area contributed by atoms with E-state index in [9.17, 15) is 4.79 Å². The third kappa shape index (κ3) is 3.26. The van der Waals surface area contributed by atoms with Gasteiger partial charge in [-0.15, -0.1) is 0 Å². The second-order valence-electron chi connectivity index (χ2n) is 5.40. The molecular weight excluding hydrogens is 238 g/mol. The van der Waals surface area contributed by atoms with E-state index in [1.165, 1.54) is 12.8 Å². The molecule has 0 spiro atoms. The number of carbonyl (C=O) groups is 1. The second-order valence-corrected chi connectivity index (χ2v) is 5.40. The Kier molecular flexibility index (Phi) is 4.43. The van der Waals surface area contributed by atoms with Crippen LogP contribution in [0.4, 0.5) is 5.69 Å². The Bertz CT molecular complexity index is 445. The molecule has 19 heavy (non-hydrogen) atoms. The van der Waals surface area contributed by atoms with Crippen molar-refractivity contribution in [2.75, 3.05) is 39.1 Å². The fourth-order valence-electron chi connectivity index (χ4n) is 2.60. The van der Waals surface area contributed by atoms with Crippen LogP contribution < -0.4 is 10.2 Å². The highest BCUT2D eigenvalue weighted by molar-refractivity contribution is 5.99. The highest BCUT2D eigenvalue weighted by Crippen LogP contribution is 2.18. The summed E-state index contributed by atoms with van der Waals surface area (Å²) >= 11 is 0. The maximum atomic E-state index is 12.3. The minimum atomic E-state index is 0.0181. The minimum absolute atomic E-state index is 0.0181. The normalized spacial score (nSPS) is 19.4. The van der Waals surface area contributed by atoms with Crippen LogP contribution in [0.3, 0.4) is 0 Å². The molecule has 1 aromatic rings. The lowest BCUT2D eigenvalue weighted by Gasteiger charge is -2.21. The van der Waals surface area contributed by atoms with Gasteiger partial charge in [0.05, 0.1) is 5.56 Å². The van der Waals surface area contributed by atoms with E-state index in [4.69, 9.17) is 0 Å². The van der Waals surface area contributed by atoms with E-state index < -0.39 is 0 Å². The van der Waals surface area contributed by atoms with Crippen LogP contribution in [0.5, 0.6) is 0 Å². The summed E-state index contributed by atoms with van der Waals surface area (Å²) in [6.07, 6.45) is 2.40. The van der Waals surface area contributed by atoms with Crippen molar-refractivity contribution in [3.8, 4) is 0 Å². The van der Waals surface area contributed by atoms with Gasteiger partial charge >= 0.3 is 0 Å². The Hall–Kier alpha value is -1.55. The van der Waals surface area contributed by atoms with Gasteiger partial charge in [0.15, 0.2) is 0 Å². The summed E-state index contributed by atoms with van der Waals surface area (Å²) in [5.41, 5.74) is 1.70. The number of hydrogen-bond donors (Lipinski definition) is 1. The van der Waals surface area contributed by atoms with Gasteiger partial charge in [0.1, 0.15) is 0 Å². The molecule has 0 aromatic heterocycles. The molecule has 104 valence electrons. The second kappa shape index (κ2) is 6.06. The van der Waals surface area contributed by atoms with Gasteiger partial charge in [-0.3, -0.25) is 4.79 Å². The van der Waals surface area contributed by atoms with E-state index in [1.54, 1.807) is 0 Å². The molecule has 1 amide bonds. The zero-order valence-electron chi connectivity index (χ0n) is 12.0. The van der Waals surface area contributed by atoms with Crippen LogP contribution >= 0.6 is 0 Å². The number of nitrogens with one attached hydrogen (secondary N) is 1. The summed E-state index contributed by atoms with van der Waals surface area (Å²) in [5, 5.41) is 3.06. The van der Waals surface area contributed by atoms with Crippen LogP contribution in [0.2, 0.25) is 0 Å². The Morgan fingerprint density at radius 1 is 1.42 bits per heavy atom. The first-order chi connectivity index (χ1) is 9.09. The van der Waals surface area contributed by atoms with Crippen molar-refractivity contribution in [3.63, 3.8) is 0 Å². The number of hydrogen-bond acceptors (Lipinski definition) is 3. The monoisotopic (exact) mass is 261 g/mol. The fraction of sp³-hybridized carbons (Fsp3) is 0.533. The van der Waals surface area contributed by atoms with Crippen molar-refractivity contribution < 1.29 is 4.79 Å². The number of likely N-dealkylation sites (tertiary alicyclic amines) is 1. The molecule has 0 bridgehead atoms. The Morgan fingerprint density at radius 2 is 2.16 bits per heavy atom. The van der Waals surface area contributed by atoms with Crippen molar-refractivity contribution in [2.45, 2.75) is 18.9 Å². The first-order valence-electron chi connectivity index (χ1n) is 6.84. The molecule has 1 heterocycles. The Morgan fingerprint density at radius 3 is 2.79 bits per heavy atom. The van der Waals surface area contributed by atoms with Crippen molar-refractivity contribution in [1.29, 1.82) is 0 Å². The van der Waals surface area contributed by atoms with E-state index in [-0.39, 0.29) is 5.91 Å². The van der Waals surface area contributed by atoms with Crippen molar-refractivity contribution in [2.24, 2.45) is 0 Å². The fourth-order valence-corrected chi connectivity index (χ4v) is 2.60. The number of nitrogens with zero attached hydrogens (tertiary/aromatic N) is 2. The van der Waals surface area contributed by atoms with E-state index >= 15 is 0 Å². The number of likely N-dealkylation sites (N-methyl/N-ethyl adjacent to an activating group) is 1. The van der Waals surface area contributed by atoms with Crippen LogP contribution in [0.25, 0.3) is 0 Å². The highest BCUT2D eigenvalue weighted by Gasteiger charge is 2.21. The minimum Gasteiger partial charge on any atom is -0.377 e. The molecule has 1 N–H and O–H groups in total. The lowest BCUT2D eigenvalue weighted by Crippen LogP contribution is -2.38. The number of anilines is 1. The molecule has 0 radical (unpaired) electrons. The lowest BCUT2D eigenvalue weighted by atomic mass is 10.1. The average Bonchev–Trinajstić information content (AvgIpc) is 2.81. The lowest BCUT2D eigenvalue weighted by molar-refractivity contribution is 0.0944. The van der Waals surface area contributed by atoms with E-state index in [1.807, 2.05) is 43.3 Å². The van der Waals surface area contributed by atoms with E-state index in [2.05, 4.69) is 17.3 Å². The molecule has 1 aliphatic rings. The molecular formula is C15H23N3O. The van der Waals surface area contributed by atoms with Crippen LogP contribution in [-0.2, 0) is 0 Å².